The van der Waals surface area contributed by atoms with Crippen LogP contribution in [0.3, 0.4) is 0 Å². The smallest absolute Gasteiger partial charge is 0.180 e. The van der Waals surface area contributed by atoms with E-state index in [1.807, 2.05) is 6.07 Å². The second-order valence-corrected chi connectivity index (χ2v) is 6.81. The van der Waals surface area contributed by atoms with Crippen LogP contribution in [0.2, 0.25) is 0 Å². The highest BCUT2D eigenvalue weighted by molar-refractivity contribution is 5.93. The molecule has 0 saturated carbocycles. The molecule has 4 nitrogen and oxygen atoms in total. The molecule has 0 aliphatic heterocycles. The van der Waals surface area contributed by atoms with Crippen molar-refractivity contribution in [1.29, 1.82) is 5.26 Å². The molecule has 2 aromatic carbocycles. The molecule has 0 radical (unpaired) electrons. The second kappa shape index (κ2) is 8.62. The lowest BCUT2D eigenvalue weighted by Crippen LogP contribution is -2.04. The average Bonchev–Trinajstić information content (AvgIpc) is 3.14. The number of Topliss-reactive ketones (excluding diaryl/α,β-unsaturated/α-hetero) is 1. The first-order chi connectivity index (χ1) is 13.5. The number of carbonyl (C=O) groups excluding carboxylic acids is 1. The van der Waals surface area contributed by atoms with Gasteiger partial charge in [-0.25, -0.2) is 9.07 Å². The lowest BCUT2D eigenvalue weighted by atomic mass is 10.1. The topological polar surface area (TPSA) is 58.7 Å². The third-order valence-electron chi connectivity index (χ3n) is 4.69. The first-order valence-electron chi connectivity index (χ1n) is 9.43. The standard InChI is InChI=1S/C23H22FN3O/c1-3-4-5-6-17-9-12-22(20(24)13-17)27-23(14-21(26-27)16(2)28)19-10-7-18(15-25)8-11-19/h7-14H,3-6H2,1-2H3. The highest BCUT2D eigenvalue weighted by Crippen LogP contribution is 2.27. The minimum Gasteiger partial charge on any atom is -0.293 e. The summed E-state index contributed by atoms with van der Waals surface area (Å²) in [4.78, 5) is 11.8. The normalized spacial score (nSPS) is 10.6. The molecule has 3 aromatic rings. The predicted octanol–water partition coefficient (Wildman–Crippen LogP) is 5.49. The van der Waals surface area contributed by atoms with E-state index in [9.17, 15) is 9.18 Å². The Kier molecular flexibility index (Phi) is 6.00. The van der Waals surface area contributed by atoms with Gasteiger partial charge in [0.1, 0.15) is 17.2 Å². The van der Waals surface area contributed by atoms with Crippen molar-refractivity contribution in [1.82, 2.24) is 9.78 Å². The number of ketones is 1. The Bertz CT molecular complexity index is 1030. The maximum atomic E-state index is 14.9. The largest absolute Gasteiger partial charge is 0.293 e. The number of hydrogen-bond acceptors (Lipinski definition) is 3. The van der Waals surface area contributed by atoms with Gasteiger partial charge in [0, 0.05) is 12.5 Å². The molecule has 28 heavy (non-hydrogen) atoms. The van der Waals surface area contributed by atoms with Crippen LogP contribution < -0.4 is 0 Å². The molecule has 0 amide bonds. The number of nitriles is 1. The number of carbonyl (C=O) groups is 1. The molecular weight excluding hydrogens is 353 g/mol. The van der Waals surface area contributed by atoms with Gasteiger partial charge in [-0.15, -0.1) is 0 Å². The van der Waals surface area contributed by atoms with Gasteiger partial charge in [-0.05, 0) is 48.7 Å². The molecule has 1 aromatic heterocycles. The quantitative estimate of drug-likeness (QED) is 0.405. The third-order valence-corrected chi connectivity index (χ3v) is 4.69. The highest BCUT2D eigenvalue weighted by Gasteiger charge is 2.17. The van der Waals surface area contributed by atoms with E-state index >= 15 is 0 Å². The molecule has 0 aliphatic carbocycles. The van der Waals surface area contributed by atoms with Crippen molar-refractivity contribution in [3.63, 3.8) is 0 Å². The van der Waals surface area contributed by atoms with E-state index in [2.05, 4.69) is 18.1 Å². The minimum atomic E-state index is -0.373. The number of unbranched alkanes of at least 4 members (excludes halogenated alkanes) is 2. The maximum Gasteiger partial charge on any atom is 0.180 e. The summed E-state index contributed by atoms with van der Waals surface area (Å²) >= 11 is 0. The average molecular weight is 375 g/mol. The lowest BCUT2D eigenvalue weighted by molar-refractivity contribution is 0.101. The van der Waals surface area contributed by atoms with E-state index in [1.165, 1.54) is 11.6 Å². The first-order valence-corrected chi connectivity index (χ1v) is 9.43. The van der Waals surface area contributed by atoms with E-state index < -0.39 is 0 Å². The van der Waals surface area contributed by atoms with E-state index in [0.29, 0.717) is 16.9 Å². The van der Waals surface area contributed by atoms with E-state index in [1.54, 1.807) is 42.5 Å². The molecule has 5 heteroatoms. The van der Waals surface area contributed by atoms with Gasteiger partial charge in [-0.1, -0.05) is 38.0 Å². The van der Waals surface area contributed by atoms with Crippen LogP contribution in [0, 0.1) is 17.1 Å². The number of aryl methyl sites for hydroxylation is 1. The number of halogens is 1. The van der Waals surface area contributed by atoms with Crippen molar-refractivity contribution < 1.29 is 9.18 Å². The summed E-state index contributed by atoms with van der Waals surface area (Å²) < 4.78 is 16.3. The number of aromatic nitrogens is 2. The van der Waals surface area contributed by atoms with E-state index in [4.69, 9.17) is 5.26 Å². The summed E-state index contributed by atoms with van der Waals surface area (Å²) in [6.07, 6.45) is 4.11. The van der Waals surface area contributed by atoms with Crippen LogP contribution in [0.1, 0.15) is 54.7 Å². The molecule has 0 N–H and O–H groups in total. The van der Waals surface area contributed by atoms with Crippen LogP contribution in [0.4, 0.5) is 4.39 Å². The van der Waals surface area contributed by atoms with Gasteiger partial charge in [-0.3, -0.25) is 4.79 Å². The monoisotopic (exact) mass is 375 g/mol. The number of hydrogen-bond donors (Lipinski definition) is 0. The summed E-state index contributed by atoms with van der Waals surface area (Å²) in [5, 5.41) is 13.3. The molecule has 0 atom stereocenters. The Labute approximate surface area is 164 Å². The number of benzene rings is 2. The highest BCUT2D eigenvalue weighted by atomic mass is 19.1. The molecule has 142 valence electrons. The molecule has 3 rings (SSSR count). The molecule has 0 unspecified atom stereocenters. The first kappa shape index (κ1) is 19.5. The van der Waals surface area contributed by atoms with Crippen molar-refractivity contribution in [3.05, 3.63) is 71.2 Å². The zero-order valence-electron chi connectivity index (χ0n) is 16.1. The van der Waals surface area contributed by atoms with Gasteiger partial charge in [0.15, 0.2) is 5.78 Å². The summed E-state index contributed by atoms with van der Waals surface area (Å²) in [5.74, 6) is -0.563. The Morgan fingerprint density at radius 3 is 2.50 bits per heavy atom. The van der Waals surface area contributed by atoms with Gasteiger partial charge in [0.05, 0.1) is 17.3 Å². The SMILES string of the molecule is CCCCCc1ccc(-n2nc(C(C)=O)cc2-c2ccc(C#N)cc2)c(F)c1. The van der Waals surface area contributed by atoms with Crippen molar-refractivity contribution in [2.24, 2.45) is 0 Å². The van der Waals surface area contributed by atoms with Gasteiger partial charge in [0.2, 0.25) is 0 Å². The van der Waals surface area contributed by atoms with Gasteiger partial charge >= 0.3 is 0 Å². The fourth-order valence-electron chi connectivity index (χ4n) is 3.11. The lowest BCUT2D eigenvalue weighted by Gasteiger charge is -2.10. The molecule has 1 heterocycles. The molecule has 0 fully saturated rings. The Balaban J connectivity index is 2.03. The van der Waals surface area contributed by atoms with E-state index in [0.717, 1.165) is 36.8 Å². The summed E-state index contributed by atoms with van der Waals surface area (Å²) in [5.41, 5.74) is 3.41. The molecule has 0 saturated heterocycles. The van der Waals surface area contributed by atoms with Crippen LogP contribution >= 0.6 is 0 Å². The van der Waals surface area contributed by atoms with Crippen molar-refractivity contribution in [2.45, 2.75) is 39.5 Å². The van der Waals surface area contributed by atoms with Crippen LogP contribution in [0.5, 0.6) is 0 Å². The third kappa shape index (κ3) is 4.17. The zero-order valence-corrected chi connectivity index (χ0v) is 16.1. The van der Waals surface area contributed by atoms with Crippen LogP contribution in [0.25, 0.3) is 16.9 Å². The zero-order chi connectivity index (χ0) is 20.1. The van der Waals surface area contributed by atoms with Crippen molar-refractivity contribution >= 4 is 5.78 Å². The Morgan fingerprint density at radius 2 is 1.89 bits per heavy atom. The molecular formula is C23H22FN3O. The van der Waals surface area contributed by atoms with Gasteiger partial charge in [-0.2, -0.15) is 10.4 Å². The Morgan fingerprint density at radius 1 is 1.14 bits per heavy atom. The second-order valence-electron chi connectivity index (χ2n) is 6.81. The van der Waals surface area contributed by atoms with Crippen LogP contribution in [0.15, 0.2) is 48.5 Å². The summed E-state index contributed by atoms with van der Waals surface area (Å²) in [6, 6.07) is 15.8. The molecule has 0 bridgehead atoms. The van der Waals surface area contributed by atoms with Gasteiger partial charge in [0.25, 0.3) is 0 Å². The number of rotatable bonds is 7. The molecule has 0 spiro atoms. The number of nitrogens with zero attached hydrogens (tertiary/aromatic N) is 3. The van der Waals surface area contributed by atoms with Crippen LogP contribution in [-0.4, -0.2) is 15.6 Å². The molecule has 0 aliphatic rings. The van der Waals surface area contributed by atoms with Crippen molar-refractivity contribution in [3.8, 4) is 23.0 Å². The summed E-state index contributed by atoms with van der Waals surface area (Å²) in [6.45, 7) is 3.57. The maximum absolute atomic E-state index is 14.9. The Hall–Kier alpha value is -3.26. The fraction of sp³-hybridized carbons (Fsp3) is 0.261. The van der Waals surface area contributed by atoms with Crippen molar-refractivity contribution in [2.75, 3.05) is 0 Å². The summed E-state index contributed by atoms with van der Waals surface area (Å²) in [7, 11) is 0. The predicted molar refractivity (Wildman–Crippen MR) is 107 cm³/mol. The fourth-order valence-corrected chi connectivity index (χ4v) is 3.11. The van der Waals surface area contributed by atoms with E-state index in [-0.39, 0.29) is 17.3 Å². The minimum absolute atomic E-state index is 0.190. The van der Waals surface area contributed by atoms with Crippen LogP contribution in [-0.2, 0) is 6.42 Å². The van der Waals surface area contributed by atoms with Gasteiger partial charge < -0.3 is 0 Å².